The number of oxazole rings is 1. The SMILES string of the molecule is O=C(c1nc2c(o1)CCN(Cc1cccc(F)c1)CC2)N1CCOCC1. The van der Waals surface area contributed by atoms with Gasteiger partial charge >= 0.3 is 5.91 Å². The molecule has 7 heteroatoms. The molecule has 0 N–H and O–H groups in total. The average molecular weight is 359 g/mol. The molecule has 0 bridgehead atoms. The first-order valence-electron chi connectivity index (χ1n) is 9.01. The molecular weight excluding hydrogens is 337 g/mol. The molecular formula is C19H22FN3O3. The van der Waals surface area contributed by atoms with Crippen LogP contribution >= 0.6 is 0 Å². The number of benzene rings is 1. The molecule has 4 rings (SSSR count). The van der Waals surface area contributed by atoms with Crippen molar-refractivity contribution in [1.82, 2.24) is 14.8 Å². The zero-order chi connectivity index (χ0) is 17.9. The number of amides is 1. The monoisotopic (exact) mass is 359 g/mol. The second kappa shape index (κ2) is 7.55. The summed E-state index contributed by atoms with van der Waals surface area (Å²) in [5.74, 6) is 0.619. The molecule has 2 aliphatic heterocycles. The van der Waals surface area contributed by atoms with Gasteiger partial charge in [-0.3, -0.25) is 9.69 Å². The van der Waals surface area contributed by atoms with Gasteiger partial charge < -0.3 is 14.1 Å². The zero-order valence-corrected chi connectivity index (χ0v) is 14.6. The Hall–Kier alpha value is -2.25. The van der Waals surface area contributed by atoms with Crippen LogP contribution in [0.5, 0.6) is 0 Å². The Balaban J connectivity index is 1.40. The van der Waals surface area contributed by atoms with E-state index in [1.165, 1.54) is 6.07 Å². The van der Waals surface area contributed by atoms with E-state index in [9.17, 15) is 9.18 Å². The van der Waals surface area contributed by atoms with Gasteiger partial charge in [-0.15, -0.1) is 0 Å². The lowest BCUT2D eigenvalue weighted by atomic mass is 10.2. The van der Waals surface area contributed by atoms with E-state index < -0.39 is 0 Å². The lowest BCUT2D eigenvalue weighted by Crippen LogP contribution is -2.40. The summed E-state index contributed by atoms with van der Waals surface area (Å²) in [6.45, 7) is 4.57. The fraction of sp³-hybridized carbons (Fsp3) is 0.474. The van der Waals surface area contributed by atoms with Crippen molar-refractivity contribution in [3.8, 4) is 0 Å². The second-order valence-corrected chi connectivity index (χ2v) is 6.70. The van der Waals surface area contributed by atoms with E-state index in [2.05, 4.69) is 9.88 Å². The Bertz CT molecular complexity index is 761. The van der Waals surface area contributed by atoms with E-state index in [1.54, 1.807) is 17.0 Å². The van der Waals surface area contributed by atoms with Crippen LogP contribution < -0.4 is 0 Å². The molecule has 1 aromatic heterocycles. The number of carbonyl (C=O) groups is 1. The highest BCUT2D eigenvalue weighted by Gasteiger charge is 2.26. The van der Waals surface area contributed by atoms with Crippen LogP contribution in [0.1, 0.15) is 27.7 Å². The van der Waals surface area contributed by atoms with Gasteiger partial charge in [0.05, 0.1) is 18.9 Å². The van der Waals surface area contributed by atoms with Crippen molar-refractivity contribution < 1.29 is 18.3 Å². The minimum atomic E-state index is -0.211. The van der Waals surface area contributed by atoms with Crippen LogP contribution in [-0.4, -0.2) is 60.1 Å². The highest BCUT2D eigenvalue weighted by Crippen LogP contribution is 2.20. The molecule has 138 valence electrons. The van der Waals surface area contributed by atoms with E-state index in [-0.39, 0.29) is 17.6 Å². The number of hydrogen-bond acceptors (Lipinski definition) is 5. The Morgan fingerprint density at radius 1 is 1.15 bits per heavy atom. The summed E-state index contributed by atoms with van der Waals surface area (Å²) >= 11 is 0. The number of ether oxygens (including phenoxy) is 1. The summed E-state index contributed by atoms with van der Waals surface area (Å²) in [5.41, 5.74) is 1.82. The first-order valence-corrected chi connectivity index (χ1v) is 9.01. The van der Waals surface area contributed by atoms with Crippen LogP contribution in [0.4, 0.5) is 4.39 Å². The highest BCUT2D eigenvalue weighted by molar-refractivity contribution is 5.89. The van der Waals surface area contributed by atoms with Gasteiger partial charge in [0.25, 0.3) is 5.89 Å². The first-order chi connectivity index (χ1) is 12.7. The summed E-state index contributed by atoms with van der Waals surface area (Å²) in [7, 11) is 0. The van der Waals surface area contributed by atoms with Gasteiger partial charge in [-0.2, -0.15) is 0 Å². The number of morpholine rings is 1. The smallest absolute Gasteiger partial charge is 0.309 e. The van der Waals surface area contributed by atoms with Gasteiger partial charge in [-0.1, -0.05) is 12.1 Å². The largest absolute Gasteiger partial charge is 0.437 e. The molecule has 0 atom stereocenters. The first kappa shape index (κ1) is 17.2. The molecule has 2 aliphatic rings. The summed E-state index contributed by atoms with van der Waals surface area (Å²) in [6, 6.07) is 6.69. The van der Waals surface area contributed by atoms with Crippen LogP contribution in [0.15, 0.2) is 28.7 Å². The third kappa shape index (κ3) is 3.78. The molecule has 1 aromatic carbocycles. The summed E-state index contributed by atoms with van der Waals surface area (Å²) in [6.07, 6.45) is 1.43. The van der Waals surface area contributed by atoms with E-state index in [0.29, 0.717) is 39.3 Å². The van der Waals surface area contributed by atoms with E-state index >= 15 is 0 Å². The third-order valence-corrected chi connectivity index (χ3v) is 4.87. The number of halogens is 1. The predicted molar refractivity (Wildman–Crippen MR) is 92.3 cm³/mol. The summed E-state index contributed by atoms with van der Waals surface area (Å²) in [5, 5.41) is 0. The fourth-order valence-electron chi connectivity index (χ4n) is 3.45. The molecule has 26 heavy (non-hydrogen) atoms. The standard InChI is InChI=1S/C19H22FN3O3/c20-15-3-1-2-14(12-15)13-22-6-4-16-17(5-7-22)26-18(21-16)19(24)23-8-10-25-11-9-23/h1-3,12H,4-11,13H2. The molecule has 0 saturated carbocycles. The van der Waals surface area contributed by atoms with Crippen molar-refractivity contribution >= 4 is 5.91 Å². The van der Waals surface area contributed by atoms with Crippen molar-refractivity contribution in [2.24, 2.45) is 0 Å². The van der Waals surface area contributed by atoms with Gasteiger partial charge in [-0.05, 0) is 17.7 Å². The van der Waals surface area contributed by atoms with Crippen molar-refractivity contribution in [3.63, 3.8) is 0 Å². The van der Waals surface area contributed by atoms with E-state index in [4.69, 9.17) is 9.15 Å². The lowest BCUT2D eigenvalue weighted by Gasteiger charge is -2.25. The normalized spacial score (nSPS) is 18.4. The topological polar surface area (TPSA) is 58.8 Å². The number of nitrogens with zero attached hydrogens (tertiary/aromatic N) is 3. The van der Waals surface area contributed by atoms with Crippen molar-refractivity contribution in [3.05, 3.63) is 53.0 Å². The van der Waals surface area contributed by atoms with Crippen molar-refractivity contribution in [1.29, 1.82) is 0 Å². The van der Waals surface area contributed by atoms with Gasteiger partial charge in [0.1, 0.15) is 11.6 Å². The third-order valence-electron chi connectivity index (χ3n) is 4.87. The maximum atomic E-state index is 13.4. The Kier molecular flexibility index (Phi) is 4.99. The maximum absolute atomic E-state index is 13.4. The number of hydrogen-bond donors (Lipinski definition) is 0. The van der Waals surface area contributed by atoms with Crippen LogP contribution in [0.2, 0.25) is 0 Å². The van der Waals surface area contributed by atoms with Crippen LogP contribution in [0.3, 0.4) is 0 Å². The maximum Gasteiger partial charge on any atom is 0.309 e. The van der Waals surface area contributed by atoms with E-state index in [0.717, 1.165) is 36.5 Å². The quantitative estimate of drug-likeness (QED) is 0.838. The zero-order valence-electron chi connectivity index (χ0n) is 14.6. The lowest BCUT2D eigenvalue weighted by molar-refractivity contribution is 0.0276. The minimum absolute atomic E-state index is 0.155. The molecule has 0 radical (unpaired) electrons. The number of carbonyl (C=O) groups excluding carboxylic acids is 1. The van der Waals surface area contributed by atoms with Gasteiger partial charge in [0.2, 0.25) is 0 Å². The highest BCUT2D eigenvalue weighted by atomic mass is 19.1. The molecule has 2 aromatic rings. The van der Waals surface area contributed by atoms with Crippen molar-refractivity contribution in [2.45, 2.75) is 19.4 Å². The second-order valence-electron chi connectivity index (χ2n) is 6.70. The van der Waals surface area contributed by atoms with Crippen molar-refractivity contribution in [2.75, 3.05) is 39.4 Å². The van der Waals surface area contributed by atoms with E-state index in [1.807, 2.05) is 6.07 Å². The summed E-state index contributed by atoms with van der Waals surface area (Å²) < 4.78 is 24.4. The molecule has 0 unspecified atom stereocenters. The van der Waals surface area contributed by atoms with Gasteiger partial charge in [0.15, 0.2) is 0 Å². The molecule has 1 amide bonds. The minimum Gasteiger partial charge on any atom is -0.437 e. The van der Waals surface area contributed by atoms with Crippen LogP contribution in [0, 0.1) is 5.82 Å². The number of rotatable bonds is 3. The molecule has 6 nitrogen and oxygen atoms in total. The Morgan fingerprint density at radius 3 is 2.77 bits per heavy atom. The van der Waals surface area contributed by atoms with Gasteiger partial charge in [0, 0.05) is 45.6 Å². The Labute approximate surface area is 151 Å². The van der Waals surface area contributed by atoms with Crippen LogP contribution in [0.25, 0.3) is 0 Å². The Morgan fingerprint density at radius 2 is 1.96 bits per heavy atom. The number of aromatic nitrogens is 1. The molecule has 0 aliphatic carbocycles. The predicted octanol–water partition coefficient (Wildman–Crippen LogP) is 1.89. The fourth-order valence-corrected chi connectivity index (χ4v) is 3.45. The van der Waals surface area contributed by atoms with Crippen LogP contribution in [-0.2, 0) is 24.1 Å². The molecule has 0 spiro atoms. The number of fused-ring (bicyclic) bond motifs is 1. The molecule has 1 fully saturated rings. The molecule has 3 heterocycles. The molecule has 1 saturated heterocycles. The van der Waals surface area contributed by atoms with Gasteiger partial charge in [-0.25, -0.2) is 9.37 Å². The summed E-state index contributed by atoms with van der Waals surface area (Å²) in [4.78, 5) is 21.0. The average Bonchev–Trinajstić information content (AvgIpc) is 2.98.